The van der Waals surface area contributed by atoms with Crippen molar-refractivity contribution in [1.82, 2.24) is 9.97 Å². The van der Waals surface area contributed by atoms with Gasteiger partial charge in [-0.15, -0.1) is 0 Å². The van der Waals surface area contributed by atoms with Gasteiger partial charge in [-0.1, -0.05) is 31.5 Å². The van der Waals surface area contributed by atoms with Crippen LogP contribution in [-0.4, -0.2) is 9.97 Å². The summed E-state index contributed by atoms with van der Waals surface area (Å²) in [5.41, 5.74) is 2.41. The fourth-order valence-corrected chi connectivity index (χ4v) is 1.91. The first-order valence-corrected chi connectivity index (χ1v) is 5.95. The van der Waals surface area contributed by atoms with Crippen LogP contribution >= 0.6 is 12.2 Å². The van der Waals surface area contributed by atoms with Crippen molar-refractivity contribution < 1.29 is 4.39 Å². The van der Waals surface area contributed by atoms with E-state index >= 15 is 0 Å². The first-order valence-electron chi connectivity index (χ1n) is 5.55. The second kappa shape index (κ2) is 5.19. The summed E-state index contributed by atoms with van der Waals surface area (Å²) in [4.78, 5) is 6.50. The van der Waals surface area contributed by atoms with Crippen LogP contribution < -0.4 is 0 Å². The van der Waals surface area contributed by atoms with E-state index in [2.05, 4.69) is 16.9 Å². The summed E-state index contributed by atoms with van der Waals surface area (Å²) in [6.45, 7) is 2.12. The summed E-state index contributed by atoms with van der Waals surface area (Å²) in [5.74, 6) is -0.382. The van der Waals surface area contributed by atoms with Gasteiger partial charge in [0.2, 0.25) is 0 Å². The van der Waals surface area contributed by atoms with Crippen molar-refractivity contribution >= 4 is 12.2 Å². The Morgan fingerprint density at radius 1 is 1.41 bits per heavy atom. The van der Waals surface area contributed by atoms with Crippen LogP contribution in [-0.2, 0) is 6.42 Å². The lowest BCUT2D eigenvalue weighted by Gasteiger charge is -2.05. The lowest BCUT2D eigenvalue weighted by Crippen LogP contribution is -1.93. The minimum absolute atomic E-state index is 0.294. The number of aryl methyl sites for hydroxylation is 1. The van der Waals surface area contributed by atoms with E-state index in [1.807, 2.05) is 24.3 Å². The van der Waals surface area contributed by atoms with Gasteiger partial charge in [-0.25, -0.2) is 9.37 Å². The standard InChI is InChI=1S/C13H13FN2S/c1-2-4-9-5-3-6-10(7-9)12-11(14)8-15-13(17)16-12/h3,5-8H,2,4H2,1H3,(H,15,16,17). The third kappa shape index (κ3) is 2.77. The lowest BCUT2D eigenvalue weighted by molar-refractivity contribution is 0.617. The van der Waals surface area contributed by atoms with E-state index in [1.165, 1.54) is 5.56 Å². The molecule has 0 aliphatic heterocycles. The number of halogens is 1. The number of hydrogen-bond donors (Lipinski definition) is 1. The van der Waals surface area contributed by atoms with Gasteiger partial charge >= 0.3 is 0 Å². The van der Waals surface area contributed by atoms with Crippen molar-refractivity contribution in [3.8, 4) is 11.3 Å². The molecule has 0 atom stereocenters. The Hall–Kier alpha value is -1.55. The number of nitrogens with one attached hydrogen (secondary N) is 1. The average molecular weight is 248 g/mol. The quantitative estimate of drug-likeness (QED) is 0.835. The van der Waals surface area contributed by atoms with Gasteiger partial charge in [-0.3, -0.25) is 0 Å². The van der Waals surface area contributed by atoms with E-state index < -0.39 is 0 Å². The summed E-state index contributed by atoms with van der Waals surface area (Å²) in [6, 6.07) is 7.81. The number of aromatic nitrogens is 2. The molecular weight excluding hydrogens is 235 g/mol. The van der Waals surface area contributed by atoms with Gasteiger partial charge < -0.3 is 4.98 Å². The molecule has 0 spiro atoms. The number of nitrogens with zero attached hydrogens (tertiary/aromatic N) is 1. The van der Waals surface area contributed by atoms with Crippen LogP contribution in [0, 0.1) is 10.6 Å². The van der Waals surface area contributed by atoms with Gasteiger partial charge in [0.15, 0.2) is 10.6 Å². The van der Waals surface area contributed by atoms with Crippen molar-refractivity contribution in [1.29, 1.82) is 0 Å². The first-order chi connectivity index (χ1) is 8.20. The molecule has 0 amide bonds. The third-order valence-corrected chi connectivity index (χ3v) is 2.73. The molecule has 1 aromatic carbocycles. The average Bonchev–Trinajstić information content (AvgIpc) is 2.33. The van der Waals surface area contributed by atoms with Gasteiger partial charge in [-0.05, 0) is 30.3 Å². The predicted molar refractivity (Wildman–Crippen MR) is 68.8 cm³/mol. The molecule has 0 aliphatic carbocycles. The minimum atomic E-state index is -0.382. The zero-order valence-electron chi connectivity index (χ0n) is 9.53. The van der Waals surface area contributed by atoms with Crippen molar-refractivity contribution in [2.24, 2.45) is 0 Å². The Labute approximate surface area is 105 Å². The lowest BCUT2D eigenvalue weighted by atomic mass is 10.0. The highest BCUT2D eigenvalue weighted by Gasteiger charge is 2.06. The van der Waals surface area contributed by atoms with Gasteiger partial charge in [0.25, 0.3) is 0 Å². The van der Waals surface area contributed by atoms with E-state index in [4.69, 9.17) is 12.2 Å². The molecule has 2 rings (SSSR count). The number of rotatable bonds is 3. The molecule has 88 valence electrons. The second-order valence-corrected chi connectivity index (χ2v) is 4.25. The Kier molecular flexibility index (Phi) is 3.64. The molecule has 1 N–H and O–H groups in total. The summed E-state index contributed by atoms with van der Waals surface area (Å²) in [5, 5.41) is 0. The molecule has 17 heavy (non-hydrogen) atoms. The Balaban J connectivity index is 2.48. The predicted octanol–water partition coefficient (Wildman–Crippen LogP) is 3.90. The number of H-pyrrole nitrogens is 1. The maximum atomic E-state index is 13.6. The highest BCUT2D eigenvalue weighted by atomic mass is 32.1. The monoisotopic (exact) mass is 248 g/mol. The van der Waals surface area contributed by atoms with Gasteiger partial charge in [0, 0.05) is 5.56 Å². The van der Waals surface area contributed by atoms with Crippen LogP contribution in [0.15, 0.2) is 30.5 Å². The van der Waals surface area contributed by atoms with Crippen LogP contribution in [0.2, 0.25) is 0 Å². The fourth-order valence-electron chi connectivity index (χ4n) is 1.76. The van der Waals surface area contributed by atoms with Crippen molar-refractivity contribution in [3.63, 3.8) is 0 Å². The van der Waals surface area contributed by atoms with Crippen LogP contribution in [0.3, 0.4) is 0 Å². The molecule has 0 radical (unpaired) electrons. The zero-order valence-corrected chi connectivity index (χ0v) is 10.4. The van der Waals surface area contributed by atoms with Crippen LogP contribution in [0.4, 0.5) is 4.39 Å². The summed E-state index contributed by atoms with van der Waals surface area (Å²) >= 11 is 4.91. The molecule has 4 heteroatoms. The number of hydrogen-bond acceptors (Lipinski definition) is 2. The second-order valence-electron chi connectivity index (χ2n) is 3.86. The summed E-state index contributed by atoms with van der Waals surface area (Å²) < 4.78 is 13.9. The van der Waals surface area contributed by atoms with Crippen LogP contribution in [0.1, 0.15) is 18.9 Å². The molecule has 2 aromatic rings. The SMILES string of the molecule is CCCc1cccc(-c2[nH]c(=S)ncc2F)c1. The van der Waals surface area contributed by atoms with Crippen LogP contribution in [0.25, 0.3) is 11.3 Å². The summed E-state index contributed by atoms with van der Waals surface area (Å²) in [6.07, 6.45) is 3.21. The molecule has 0 saturated carbocycles. The molecule has 0 bridgehead atoms. The maximum absolute atomic E-state index is 13.6. The third-order valence-electron chi connectivity index (χ3n) is 2.52. The summed E-state index contributed by atoms with van der Waals surface area (Å²) in [7, 11) is 0. The molecule has 0 saturated heterocycles. The van der Waals surface area contributed by atoms with E-state index in [9.17, 15) is 4.39 Å². The van der Waals surface area contributed by atoms with Gasteiger partial charge in [0.05, 0.1) is 11.9 Å². The number of aromatic amines is 1. The zero-order chi connectivity index (χ0) is 12.3. The highest BCUT2D eigenvalue weighted by Crippen LogP contribution is 2.21. The topological polar surface area (TPSA) is 28.7 Å². The molecular formula is C13H13FN2S. The van der Waals surface area contributed by atoms with Gasteiger partial charge in [0.1, 0.15) is 0 Å². The molecule has 0 aliphatic rings. The van der Waals surface area contributed by atoms with Crippen molar-refractivity contribution in [2.75, 3.05) is 0 Å². The normalized spacial score (nSPS) is 10.5. The Morgan fingerprint density at radius 2 is 2.24 bits per heavy atom. The van der Waals surface area contributed by atoms with Crippen LogP contribution in [0.5, 0.6) is 0 Å². The highest BCUT2D eigenvalue weighted by molar-refractivity contribution is 7.71. The number of benzene rings is 1. The molecule has 2 nitrogen and oxygen atoms in total. The molecule has 1 aromatic heterocycles. The van der Waals surface area contributed by atoms with Crippen molar-refractivity contribution in [3.05, 3.63) is 46.6 Å². The Bertz CT molecular complexity index is 578. The fraction of sp³-hybridized carbons (Fsp3) is 0.231. The van der Waals surface area contributed by atoms with E-state index in [-0.39, 0.29) is 5.82 Å². The van der Waals surface area contributed by atoms with Gasteiger partial charge in [-0.2, -0.15) is 0 Å². The largest absolute Gasteiger partial charge is 0.328 e. The van der Waals surface area contributed by atoms with E-state index in [0.717, 1.165) is 24.6 Å². The van der Waals surface area contributed by atoms with E-state index in [0.29, 0.717) is 10.5 Å². The minimum Gasteiger partial charge on any atom is -0.328 e. The smallest absolute Gasteiger partial charge is 0.197 e. The Morgan fingerprint density at radius 3 is 3.00 bits per heavy atom. The molecule has 0 unspecified atom stereocenters. The molecule has 1 heterocycles. The molecule has 0 fully saturated rings. The van der Waals surface area contributed by atoms with E-state index in [1.54, 1.807) is 0 Å². The maximum Gasteiger partial charge on any atom is 0.197 e. The van der Waals surface area contributed by atoms with Crippen molar-refractivity contribution in [2.45, 2.75) is 19.8 Å². The first kappa shape index (κ1) is 11.9.